The highest BCUT2D eigenvalue weighted by molar-refractivity contribution is 6.30. The first-order chi connectivity index (χ1) is 10.3. The van der Waals surface area contributed by atoms with E-state index >= 15 is 0 Å². The lowest BCUT2D eigenvalue weighted by Crippen LogP contribution is -2.06. The Hall–Kier alpha value is -1.71. The zero-order valence-electron chi connectivity index (χ0n) is 12.1. The van der Waals surface area contributed by atoms with Gasteiger partial charge in [0.1, 0.15) is 12.4 Å². The number of ether oxygens (including phenoxy) is 2. The van der Waals surface area contributed by atoms with E-state index in [1.807, 2.05) is 55.5 Å². The molecule has 0 aliphatic carbocycles. The molecule has 0 aliphatic heterocycles. The third-order valence-electron chi connectivity index (χ3n) is 2.96. The summed E-state index contributed by atoms with van der Waals surface area (Å²) in [6, 6.07) is 15.7. The molecule has 0 fully saturated rings. The number of halogens is 1. The topological polar surface area (TPSA) is 30.5 Å². The monoisotopic (exact) mass is 305 g/mol. The van der Waals surface area contributed by atoms with Gasteiger partial charge in [-0.3, -0.25) is 0 Å². The van der Waals surface area contributed by atoms with Gasteiger partial charge in [0, 0.05) is 23.9 Å². The average Bonchev–Trinajstić information content (AvgIpc) is 2.52. The van der Waals surface area contributed by atoms with Gasteiger partial charge in [-0.05, 0) is 48.9 Å². The lowest BCUT2D eigenvalue weighted by atomic mass is 10.2. The maximum atomic E-state index is 5.86. The van der Waals surface area contributed by atoms with Crippen LogP contribution < -0.4 is 10.1 Å². The number of nitrogens with one attached hydrogen (secondary N) is 1. The van der Waals surface area contributed by atoms with Gasteiger partial charge in [0.05, 0.1) is 6.61 Å². The van der Waals surface area contributed by atoms with Gasteiger partial charge in [-0.25, -0.2) is 0 Å². The number of benzene rings is 2. The normalized spacial score (nSPS) is 10.4. The van der Waals surface area contributed by atoms with Crippen molar-refractivity contribution in [3.63, 3.8) is 0 Å². The summed E-state index contributed by atoms with van der Waals surface area (Å²) in [5.74, 6) is 0.853. The maximum Gasteiger partial charge on any atom is 0.119 e. The highest BCUT2D eigenvalue weighted by atomic mass is 35.5. The van der Waals surface area contributed by atoms with Crippen LogP contribution in [0.15, 0.2) is 48.5 Å². The molecule has 3 nitrogen and oxygen atoms in total. The molecule has 0 bridgehead atoms. The van der Waals surface area contributed by atoms with Crippen molar-refractivity contribution in [2.24, 2.45) is 0 Å². The SMILES string of the molecule is CCOCCOc1ccc(NCc2ccc(Cl)cc2)cc1. The fourth-order valence-corrected chi connectivity index (χ4v) is 1.96. The third-order valence-corrected chi connectivity index (χ3v) is 3.22. The molecule has 1 N–H and O–H groups in total. The minimum atomic E-state index is 0.575. The van der Waals surface area contributed by atoms with E-state index in [0.29, 0.717) is 13.2 Å². The number of hydrogen-bond acceptors (Lipinski definition) is 3. The predicted molar refractivity (Wildman–Crippen MR) is 87.2 cm³/mol. The van der Waals surface area contributed by atoms with E-state index in [9.17, 15) is 0 Å². The van der Waals surface area contributed by atoms with Gasteiger partial charge < -0.3 is 14.8 Å². The molecule has 2 aromatic carbocycles. The lowest BCUT2D eigenvalue weighted by molar-refractivity contribution is 0.110. The van der Waals surface area contributed by atoms with Crippen molar-refractivity contribution in [1.82, 2.24) is 0 Å². The van der Waals surface area contributed by atoms with Crippen LogP contribution in [0.2, 0.25) is 5.02 Å². The molecule has 0 saturated carbocycles. The molecule has 21 heavy (non-hydrogen) atoms. The van der Waals surface area contributed by atoms with Gasteiger partial charge >= 0.3 is 0 Å². The molecule has 2 aromatic rings. The van der Waals surface area contributed by atoms with Crippen molar-refractivity contribution in [2.75, 3.05) is 25.1 Å². The maximum absolute atomic E-state index is 5.86. The molecule has 0 spiro atoms. The van der Waals surface area contributed by atoms with Crippen LogP contribution in [-0.2, 0) is 11.3 Å². The summed E-state index contributed by atoms with van der Waals surface area (Å²) in [7, 11) is 0. The molecule has 0 amide bonds. The second-order valence-electron chi connectivity index (χ2n) is 4.55. The van der Waals surface area contributed by atoms with E-state index in [-0.39, 0.29) is 0 Å². The van der Waals surface area contributed by atoms with Crippen LogP contribution in [-0.4, -0.2) is 19.8 Å². The zero-order chi connectivity index (χ0) is 14.9. The van der Waals surface area contributed by atoms with Crippen molar-refractivity contribution in [1.29, 1.82) is 0 Å². The first-order valence-electron chi connectivity index (χ1n) is 7.07. The van der Waals surface area contributed by atoms with E-state index in [4.69, 9.17) is 21.1 Å². The van der Waals surface area contributed by atoms with Crippen LogP contribution >= 0.6 is 11.6 Å². The molecular weight excluding hydrogens is 286 g/mol. The molecule has 0 saturated heterocycles. The van der Waals surface area contributed by atoms with Crippen LogP contribution in [0.1, 0.15) is 12.5 Å². The molecule has 0 heterocycles. The minimum Gasteiger partial charge on any atom is -0.491 e. The van der Waals surface area contributed by atoms with Gasteiger partial charge in [-0.2, -0.15) is 0 Å². The second kappa shape index (κ2) is 8.55. The first-order valence-corrected chi connectivity index (χ1v) is 7.44. The molecule has 0 aliphatic rings. The molecule has 2 rings (SSSR count). The van der Waals surface area contributed by atoms with Crippen LogP contribution in [0.4, 0.5) is 5.69 Å². The Morgan fingerprint density at radius 1 is 0.952 bits per heavy atom. The van der Waals surface area contributed by atoms with E-state index in [1.54, 1.807) is 0 Å². The fraction of sp³-hybridized carbons (Fsp3) is 0.294. The van der Waals surface area contributed by atoms with Gasteiger partial charge in [0.25, 0.3) is 0 Å². The Morgan fingerprint density at radius 3 is 2.33 bits per heavy atom. The smallest absolute Gasteiger partial charge is 0.119 e. The molecule has 0 unspecified atom stereocenters. The average molecular weight is 306 g/mol. The second-order valence-corrected chi connectivity index (χ2v) is 4.99. The minimum absolute atomic E-state index is 0.575. The van der Waals surface area contributed by atoms with Crippen molar-refractivity contribution in [3.8, 4) is 5.75 Å². The van der Waals surface area contributed by atoms with Crippen molar-refractivity contribution >= 4 is 17.3 Å². The lowest BCUT2D eigenvalue weighted by Gasteiger charge is -2.09. The van der Waals surface area contributed by atoms with Crippen molar-refractivity contribution in [3.05, 3.63) is 59.1 Å². The zero-order valence-corrected chi connectivity index (χ0v) is 12.9. The molecular formula is C17H20ClNO2. The summed E-state index contributed by atoms with van der Waals surface area (Å²) in [5.41, 5.74) is 2.25. The standard InChI is InChI=1S/C17H20ClNO2/c1-2-20-11-12-21-17-9-7-16(8-10-17)19-13-14-3-5-15(18)6-4-14/h3-10,19H,2,11-13H2,1H3. The van der Waals surface area contributed by atoms with Crippen molar-refractivity contribution < 1.29 is 9.47 Å². The van der Waals surface area contributed by atoms with Crippen LogP contribution in [0, 0.1) is 0 Å². The predicted octanol–water partition coefficient (Wildman–Crippen LogP) is 4.37. The summed E-state index contributed by atoms with van der Waals surface area (Å²) in [6.07, 6.45) is 0. The highest BCUT2D eigenvalue weighted by Crippen LogP contribution is 2.17. The van der Waals surface area contributed by atoms with Crippen LogP contribution in [0.25, 0.3) is 0 Å². The van der Waals surface area contributed by atoms with Crippen molar-refractivity contribution in [2.45, 2.75) is 13.5 Å². The Bertz CT molecular complexity index is 525. The Labute approximate surface area is 130 Å². The summed E-state index contributed by atoms with van der Waals surface area (Å²) < 4.78 is 10.8. The van der Waals surface area contributed by atoms with E-state index in [2.05, 4.69) is 5.32 Å². The molecule has 4 heteroatoms. The highest BCUT2D eigenvalue weighted by Gasteiger charge is 1.97. The van der Waals surface area contributed by atoms with Gasteiger partial charge in [-0.1, -0.05) is 23.7 Å². The molecule has 0 aromatic heterocycles. The van der Waals surface area contributed by atoms with Crippen LogP contribution in [0.5, 0.6) is 5.75 Å². The molecule has 0 radical (unpaired) electrons. The molecule has 112 valence electrons. The van der Waals surface area contributed by atoms with Gasteiger partial charge in [0.15, 0.2) is 0 Å². The Kier molecular flexibility index (Phi) is 6.38. The quantitative estimate of drug-likeness (QED) is 0.735. The number of hydrogen-bond donors (Lipinski definition) is 1. The number of anilines is 1. The summed E-state index contributed by atoms with van der Waals surface area (Å²) in [4.78, 5) is 0. The largest absolute Gasteiger partial charge is 0.491 e. The van der Waals surface area contributed by atoms with E-state index in [1.165, 1.54) is 5.56 Å². The Balaban J connectivity index is 1.78. The molecule has 0 atom stereocenters. The summed E-state index contributed by atoms with van der Waals surface area (Å²) in [5, 5.41) is 4.12. The summed E-state index contributed by atoms with van der Waals surface area (Å²) in [6.45, 7) is 4.65. The van der Waals surface area contributed by atoms with Gasteiger partial charge in [-0.15, -0.1) is 0 Å². The Morgan fingerprint density at radius 2 is 1.67 bits per heavy atom. The summed E-state index contributed by atoms with van der Waals surface area (Å²) >= 11 is 5.86. The van der Waals surface area contributed by atoms with Crippen LogP contribution in [0.3, 0.4) is 0 Å². The number of rotatable bonds is 8. The van der Waals surface area contributed by atoms with E-state index < -0.39 is 0 Å². The van der Waals surface area contributed by atoms with E-state index in [0.717, 1.165) is 29.6 Å². The fourth-order valence-electron chi connectivity index (χ4n) is 1.84. The first kappa shape index (κ1) is 15.7. The van der Waals surface area contributed by atoms with Gasteiger partial charge in [0.2, 0.25) is 0 Å². The third kappa shape index (κ3) is 5.66.